The van der Waals surface area contributed by atoms with Gasteiger partial charge in [0.25, 0.3) is 0 Å². The highest BCUT2D eigenvalue weighted by Crippen LogP contribution is 2.40. The molecule has 0 aliphatic carbocycles. The molecule has 1 fully saturated rings. The Morgan fingerprint density at radius 1 is 0.952 bits per heavy atom. The van der Waals surface area contributed by atoms with Crippen molar-refractivity contribution in [3.05, 3.63) is 69.6 Å². The summed E-state index contributed by atoms with van der Waals surface area (Å²) in [6, 6.07) is 8.50. The summed E-state index contributed by atoms with van der Waals surface area (Å²) in [5.41, 5.74) is 1.10. The quantitative estimate of drug-likeness (QED) is 0.138. The standard InChI is InChI=1S/C31H35FN2O7S/c1-4-7-17-40-29(35)24-15-14-23(42-24)26-25(30(36)38-5-2)22(18-41-20-12-10-19(32)11-13-20)34-28(21-9-8-16-33-21)27(26)31(37)39-6-3/h10-15,21,33H,4-9,16-18H2,1-3H3. The summed E-state index contributed by atoms with van der Waals surface area (Å²) >= 11 is 1.11. The van der Waals surface area contributed by atoms with Crippen LogP contribution >= 0.6 is 11.3 Å². The van der Waals surface area contributed by atoms with E-state index in [0.29, 0.717) is 27.8 Å². The molecule has 1 aliphatic heterocycles. The first-order valence-electron chi connectivity index (χ1n) is 14.2. The number of aromatic nitrogens is 1. The largest absolute Gasteiger partial charge is 0.487 e. The van der Waals surface area contributed by atoms with Crippen molar-refractivity contribution in [1.29, 1.82) is 0 Å². The van der Waals surface area contributed by atoms with Gasteiger partial charge >= 0.3 is 17.9 Å². The molecule has 3 aromatic rings. The number of ether oxygens (including phenoxy) is 4. The highest BCUT2D eigenvalue weighted by molar-refractivity contribution is 7.17. The van der Waals surface area contributed by atoms with Gasteiger partial charge in [-0.05, 0) is 76.1 Å². The van der Waals surface area contributed by atoms with Crippen LogP contribution in [-0.4, -0.2) is 49.3 Å². The van der Waals surface area contributed by atoms with E-state index in [-0.39, 0.29) is 48.2 Å². The first kappa shape index (κ1) is 31.1. The average molecular weight is 599 g/mol. The van der Waals surface area contributed by atoms with Gasteiger partial charge in [0.1, 0.15) is 23.1 Å². The smallest absolute Gasteiger partial charge is 0.348 e. The molecular weight excluding hydrogens is 563 g/mol. The number of rotatable bonds is 13. The van der Waals surface area contributed by atoms with Crippen molar-refractivity contribution in [2.75, 3.05) is 26.4 Å². The van der Waals surface area contributed by atoms with Crippen LogP contribution in [0.3, 0.4) is 0 Å². The maximum Gasteiger partial charge on any atom is 0.348 e. The zero-order chi connectivity index (χ0) is 30.1. The van der Waals surface area contributed by atoms with Crippen molar-refractivity contribution in [2.45, 2.75) is 59.1 Å². The molecule has 1 unspecified atom stereocenters. The second kappa shape index (κ2) is 14.9. The van der Waals surface area contributed by atoms with Gasteiger partial charge in [0.05, 0.1) is 48.4 Å². The van der Waals surface area contributed by atoms with Crippen molar-refractivity contribution in [1.82, 2.24) is 10.3 Å². The van der Waals surface area contributed by atoms with Crippen LogP contribution in [0.5, 0.6) is 5.75 Å². The minimum absolute atomic E-state index is 0.0384. The summed E-state index contributed by atoms with van der Waals surface area (Å²) < 4.78 is 35.7. The van der Waals surface area contributed by atoms with Crippen molar-refractivity contribution in [2.24, 2.45) is 0 Å². The van der Waals surface area contributed by atoms with Crippen LogP contribution in [0, 0.1) is 5.82 Å². The van der Waals surface area contributed by atoms with Crippen molar-refractivity contribution in [3.63, 3.8) is 0 Å². The number of nitrogens with one attached hydrogen (secondary N) is 1. The number of unbranched alkanes of at least 4 members (excludes halogenated alkanes) is 1. The lowest BCUT2D eigenvalue weighted by Crippen LogP contribution is -2.24. The fourth-order valence-corrected chi connectivity index (χ4v) is 5.61. The van der Waals surface area contributed by atoms with E-state index in [1.54, 1.807) is 26.0 Å². The Hall–Kier alpha value is -3.83. The maximum atomic E-state index is 13.6. The number of thiophene rings is 1. The van der Waals surface area contributed by atoms with Crippen molar-refractivity contribution in [3.8, 4) is 16.2 Å². The van der Waals surface area contributed by atoms with Gasteiger partial charge < -0.3 is 24.3 Å². The van der Waals surface area contributed by atoms with Crippen molar-refractivity contribution < 1.29 is 37.7 Å². The van der Waals surface area contributed by atoms with Gasteiger partial charge in [0.2, 0.25) is 0 Å². The molecule has 0 amide bonds. The maximum absolute atomic E-state index is 13.6. The van der Waals surface area contributed by atoms with Crippen molar-refractivity contribution >= 4 is 29.2 Å². The molecule has 1 atom stereocenters. The first-order chi connectivity index (χ1) is 20.4. The number of pyridine rings is 1. The molecular formula is C31H35FN2O7S. The monoisotopic (exact) mass is 598 g/mol. The highest BCUT2D eigenvalue weighted by Gasteiger charge is 2.35. The van der Waals surface area contributed by atoms with Gasteiger partial charge in [-0.3, -0.25) is 4.98 Å². The summed E-state index contributed by atoms with van der Waals surface area (Å²) in [4.78, 5) is 45.6. The Bertz CT molecular complexity index is 1400. The second-order valence-corrected chi connectivity index (χ2v) is 10.6. The van der Waals surface area contributed by atoms with E-state index in [2.05, 4.69) is 5.32 Å². The topological polar surface area (TPSA) is 113 Å². The molecule has 9 nitrogen and oxygen atoms in total. The molecule has 3 heterocycles. The van der Waals surface area contributed by atoms with Crippen LogP contribution in [0.2, 0.25) is 0 Å². The Kier molecular flexibility index (Phi) is 11.0. The lowest BCUT2D eigenvalue weighted by atomic mass is 9.93. The van der Waals surface area contributed by atoms with E-state index in [0.717, 1.165) is 43.6 Å². The fraction of sp³-hybridized carbons (Fsp3) is 0.419. The number of hydrogen-bond donors (Lipinski definition) is 1. The highest BCUT2D eigenvalue weighted by atomic mass is 32.1. The summed E-state index contributed by atoms with van der Waals surface area (Å²) in [6.07, 6.45) is 3.21. The van der Waals surface area contributed by atoms with Crippen LogP contribution in [0.25, 0.3) is 10.4 Å². The minimum Gasteiger partial charge on any atom is -0.487 e. The molecule has 1 N–H and O–H groups in total. The van der Waals surface area contributed by atoms with Crippen LogP contribution in [0.15, 0.2) is 36.4 Å². The zero-order valence-electron chi connectivity index (χ0n) is 24.0. The molecule has 0 saturated carbocycles. The summed E-state index contributed by atoms with van der Waals surface area (Å²) in [5.74, 6) is -1.86. The zero-order valence-corrected chi connectivity index (χ0v) is 24.8. The second-order valence-electron chi connectivity index (χ2n) is 9.55. The molecule has 0 spiro atoms. The number of halogens is 1. The SMILES string of the molecule is CCCCOC(=O)c1ccc(-c2c(C(=O)OCC)c(COc3ccc(F)cc3)nc(C3CCCN3)c2C(=O)OCC)s1. The third-order valence-electron chi connectivity index (χ3n) is 6.62. The molecule has 1 aromatic carbocycles. The number of carbonyl (C=O) groups excluding carboxylic acids is 3. The number of benzene rings is 1. The number of hydrogen-bond acceptors (Lipinski definition) is 10. The lowest BCUT2D eigenvalue weighted by Gasteiger charge is -2.22. The summed E-state index contributed by atoms with van der Waals surface area (Å²) in [6.45, 7) is 6.44. The van der Waals surface area contributed by atoms with Gasteiger partial charge in [-0.25, -0.2) is 18.8 Å². The molecule has 2 aromatic heterocycles. The van der Waals surface area contributed by atoms with Crippen LogP contribution in [0.1, 0.15) is 94.3 Å². The van der Waals surface area contributed by atoms with E-state index in [4.69, 9.17) is 23.9 Å². The van der Waals surface area contributed by atoms with E-state index in [9.17, 15) is 18.8 Å². The van der Waals surface area contributed by atoms with Gasteiger partial charge in [-0.15, -0.1) is 11.3 Å². The van der Waals surface area contributed by atoms with Gasteiger partial charge in [-0.1, -0.05) is 13.3 Å². The summed E-state index contributed by atoms with van der Waals surface area (Å²) in [7, 11) is 0. The summed E-state index contributed by atoms with van der Waals surface area (Å²) in [5, 5.41) is 3.38. The Morgan fingerprint density at radius 3 is 2.31 bits per heavy atom. The molecule has 224 valence electrons. The van der Waals surface area contributed by atoms with Crippen LogP contribution in [0.4, 0.5) is 4.39 Å². The average Bonchev–Trinajstić information content (AvgIpc) is 3.70. The predicted octanol–water partition coefficient (Wildman–Crippen LogP) is 6.26. The number of esters is 3. The van der Waals surface area contributed by atoms with E-state index in [1.807, 2.05) is 6.92 Å². The van der Waals surface area contributed by atoms with Gasteiger partial charge in [0.15, 0.2) is 0 Å². The molecule has 11 heteroatoms. The minimum atomic E-state index is -0.699. The molecule has 0 radical (unpaired) electrons. The predicted molar refractivity (Wildman–Crippen MR) is 155 cm³/mol. The van der Waals surface area contributed by atoms with E-state index < -0.39 is 23.7 Å². The normalized spacial score (nSPS) is 14.4. The van der Waals surface area contributed by atoms with E-state index >= 15 is 0 Å². The Labute approximate surface area is 248 Å². The fourth-order valence-electron chi connectivity index (χ4n) is 4.65. The lowest BCUT2D eigenvalue weighted by molar-refractivity contribution is 0.0498. The molecule has 4 rings (SSSR count). The Balaban J connectivity index is 1.92. The first-order valence-corrected chi connectivity index (χ1v) is 15.0. The van der Waals surface area contributed by atoms with Crippen LogP contribution < -0.4 is 10.1 Å². The third kappa shape index (κ3) is 7.32. The number of carbonyl (C=O) groups is 3. The molecule has 1 aliphatic rings. The van der Waals surface area contributed by atoms with Gasteiger partial charge in [0, 0.05) is 10.4 Å². The Morgan fingerprint density at radius 2 is 1.67 bits per heavy atom. The molecule has 1 saturated heterocycles. The van der Waals surface area contributed by atoms with E-state index in [1.165, 1.54) is 24.3 Å². The third-order valence-corrected chi connectivity index (χ3v) is 7.71. The van der Waals surface area contributed by atoms with Gasteiger partial charge in [-0.2, -0.15) is 0 Å². The molecule has 0 bridgehead atoms. The molecule has 42 heavy (non-hydrogen) atoms. The number of nitrogens with zero attached hydrogens (tertiary/aromatic N) is 1. The van der Waals surface area contributed by atoms with Crippen LogP contribution in [-0.2, 0) is 20.8 Å².